The number of anilines is 1. The number of rotatable bonds is 10. The molecule has 0 aliphatic heterocycles. The number of thiazole rings is 1. The highest BCUT2D eigenvalue weighted by molar-refractivity contribution is 7.94. The molecule has 1 aromatic carbocycles. The van der Waals surface area contributed by atoms with E-state index in [0.29, 0.717) is 27.6 Å². The van der Waals surface area contributed by atoms with Crippen LogP contribution in [0.3, 0.4) is 0 Å². The first-order valence-electron chi connectivity index (χ1n) is 11.1. The molecule has 1 unspecified atom stereocenters. The zero-order chi connectivity index (χ0) is 26.3. The number of para-hydroxylation sites is 1. The molecule has 0 spiro atoms. The molecule has 12 heteroatoms. The fourth-order valence-corrected chi connectivity index (χ4v) is 7.72. The molecule has 0 aliphatic rings. The largest absolute Gasteiger partial charge is 0.480 e. The first-order valence-corrected chi connectivity index (χ1v) is 14.3. The molecule has 0 fully saturated rings. The van der Waals surface area contributed by atoms with Crippen LogP contribution in [0.5, 0.6) is 0 Å². The first-order chi connectivity index (χ1) is 17.1. The minimum absolute atomic E-state index is 0.0795. The highest BCUT2D eigenvalue weighted by Gasteiger charge is 2.52. The number of carbonyl (C=O) groups is 2. The third-order valence-electron chi connectivity index (χ3n) is 6.52. The molecule has 36 heavy (non-hydrogen) atoms. The summed E-state index contributed by atoms with van der Waals surface area (Å²) in [6, 6.07) is 10.4. The Bertz CT molecular complexity index is 1510. The monoisotopic (exact) mass is 547 g/mol. The number of hydrogen-bond acceptors (Lipinski definition) is 7. The number of nitrogens with zero attached hydrogens (tertiary/aromatic N) is 2. The number of thiophene rings is 1. The van der Waals surface area contributed by atoms with Crippen molar-refractivity contribution in [3.05, 3.63) is 52.9 Å². The van der Waals surface area contributed by atoms with Crippen molar-refractivity contribution in [1.29, 1.82) is 0 Å². The summed E-state index contributed by atoms with van der Waals surface area (Å²) < 4.78 is 27.6. The number of carboxylic acids is 2. The lowest BCUT2D eigenvalue weighted by molar-refractivity contribution is -0.167. The summed E-state index contributed by atoms with van der Waals surface area (Å²) in [5.74, 6) is -3.59. The summed E-state index contributed by atoms with van der Waals surface area (Å²) in [4.78, 5) is 32.0. The second-order valence-corrected chi connectivity index (χ2v) is 12.3. The Morgan fingerprint density at radius 2 is 1.86 bits per heavy atom. The fourth-order valence-electron chi connectivity index (χ4n) is 4.51. The van der Waals surface area contributed by atoms with E-state index in [-0.39, 0.29) is 17.1 Å². The topological polar surface area (TPSA) is 141 Å². The smallest absolute Gasteiger partial charge is 0.321 e. The molecule has 190 valence electrons. The first kappa shape index (κ1) is 25.9. The SMILES string of the molecule is CCC(c1csc(-c2cc3cccc(N(C)S(=O)(=O)c4cccs4)c3[nH]2)n1)C(CC)(C(=O)O)C(=O)O. The van der Waals surface area contributed by atoms with Crippen LogP contribution in [-0.2, 0) is 19.6 Å². The normalized spacial score (nSPS) is 13.1. The number of aromatic nitrogens is 2. The Hall–Kier alpha value is -3.22. The van der Waals surface area contributed by atoms with E-state index in [4.69, 9.17) is 0 Å². The van der Waals surface area contributed by atoms with E-state index >= 15 is 0 Å². The van der Waals surface area contributed by atoms with Crippen LogP contribution < -0.4 is 4.31 Å². The van der Waals surface area contributed by atoms with Gasteiger partial charge in [-0.25, -0.2) is 13.4 Å². The molecule has 9 nitrogen and oxygen atoms in total. The maximum atomic E-state index is 13.1. The summed E-state index contributed by atoms with van der Waals surface area (Å²) in [7, 11) is -2.23. The van der Waals surface area contributed by atoms with Crippen molar-refractivity contribution in [3.8, 4) is 10.7 Å². The second kappa shape index (κ2) is 9.68. The lowest BCUT2D eigenvalue weighted by Gasteiger charge is -2.30. The lowest BCUT2D eigenvalue weighted by atomic mass is 9.70. The van der Waals surface area contributed by atoms with Gasteiger partial charge in [0.15, 0.2) is 5.41 Å². The Kier molecular flexibility index (Phi) is 6.95. The van der Waals surface area contributed by atoms with Crippen molar-refractivity contribution in [2.75, 3.05) is 11.4 Å². The van der Waals surface area contributed by atoms with Crippen LogP contribution in [0.15, 0.2) is 51.4 Å². The van der Waals surface area contributed by atoms with E-state index < -0.39 is 33.3 Å². The van der Waals surface area contributed by atoms with Crippen molar-refractivity contribution < 1.29 is 28.2 Å². The molecule has 4 rings (SSSR count). The molecule has 3 aromatic heterocycles. The standard InChI is InChI=1S/C24H25N3O6S3/c1-4-15(24(5-2,22(28)29)23(30)31)17-13-35-21(26-17)16-12-14-8-6-9-18(20(14)25-16)27(3)36(32,33)19-10-7-11-34-19/h6-13,15,25H,4-5H2,1-3H3,(H,28,29)(H,30,31). The number of fused-ring (bicyclic) bond motifs is 1. The van der Waals surface area contributed by atoms with Crippen LogP contribution in [0.4, 0.5) is 5.69 Å². The average molecular weight is 548 g/mol. The summed E-state index contributed by atoms with van der Waals surface area (Å²) in [5.41, 5.74) is 0.126. The van der Waals surface area contributed by atoms with E-state index in [2.05, 4.69) is 9.97 Å². The summed E-state index contributed by atoms with van der Waals surface area (Å²) in [5, 5.41) is 24.4. The Morgan fingerprint density at radius 1 is 1.14 bits per heavy atom. The van der Waals surface area contributed by atoms with Crippen LogP contribution in [0, 0.1) is 5.41 Å². The van der Waals surface area contributed by atoms with E-state index in [1.807, 2.05) is 12.1 Å². The van der Waals surface area contributed by atoms with Crippen molar-refractivity contribution >= 4 is 61.2 Å². The molecular weight excluding hydrogens is 522 g/mol. The van der Waals surface area contributed by atoms with E-state index in [9.17, 15) is 28.2 Å². The molecular formula is C24H25N3O6S3. The fraction of sp³-hybridized carbons (Fsp3) is 0.292. The lowest BCUT2D eigenvalue weighted by Crippen LogP contribution is -2.44. The van der Waals surface area contributed by atoms with Gasteiger partial charge in [-0.15, -0.1) is 22.7 Å². The Balaban J connectivity index is 1.75. The molecule has 0 aliphatic carbocycles. The molecule has 3 N–H and O–H groups in total. The van der Waals surface area contributed by atoms with Gasteiger partial charge in [-0.05, 0) is 36.4 Å². The second-order valence-electron chi connectivity index (χ2n) is 8.30. The molecule has 3 heterocycles. The summed E-state index contributed by atoms with van der Waals surface area (Å²) >= 11 is 2.41. The molecule has 4 aromatic rings. The predicted octanol–water partition coefficient (Wildman–Crippen LogP) is 5.24. The predicted molar refractivity (Wildman–Crippen MR) is 140 cm³/mol. The highest BCUT2D eigenvalue weighted by atomic mass is 32.2. The third-order valence-corrected chi connectivity index (χ3v) is 10.6. The van der Waals surface area contributed by atoms with Gasteiger partial charge in [0.05, 0.1) is 22.6 Å². The molecule has 1 atom stereocenters. The Labute approximate surface area is 216 Å². The third kappa shape index (κ3) is 4.08. The van der Waals surface area contributed by atoms with Crippen LogP contribution >= 0.6 is 22.7 Å². The van der Waals surface area contributed by atoms with Gasteiger partial charge in [-0.3, -0.25) is 13.9 Å². The van der Waals surface area contributed by atoms with Gasteiger partial charge in [0.25, 0.3) is 10.0 Å². The van der Waals surface area contributed by atoms with Crippen LogP contribution in [0.2, 0.25) is 0 Å². The highest BCUT2D eigenvalue weighted by Crippen LogP contribution is 2.43. The van der Waals surface area contributed by atoms with E-state index in [0.717, 1.165) is 16.7 Å². The molecule has 0 bridgehead atoms. The number of nitrogens with one attached hydrogen (secondary N) is 1. The number of H-pyrrole nitrogens is 1. The van der Waals surface area contributed by atoms with Gasteiger partial charge < -0.3 is 15.2 Å². The number of sulfonamides is 1. The van der Waals surface area contributed by atoms with Crippen molar-refractivity contribution in [1.82, 2.24) is 9.97 Å². The Morgan fingerprint density at radius 3 is 2.44 bits per heavy atom. The number of carboxylic acid groups (broad SMARTS) is 2. The van der Waals surface area contributed by atoms with Gasteiger partial charge in [-0.1, -0.05) is 32.0 Å². The van der Waals surface area contributed by atoms with Crippen molar-refractivity contribution in [2.24, 2.45) is 5.41 Å². The van der Waals surface area contributed by atoms with Gasteiger partial charge in [0, 0.05) is 23.7 Å². The van der Waals surface area contributed by atoms with Gasteiger partial charge in [0.1, 0.15) is 9.22 Å². The van der Waals surface area contributed by atoms with Crippen molar-refractivity contribution in [3.63, 3.8) is 0 Å². The van der Waals surface area contributed by atoms with E-state index in [1.54, 1.807) is 48.9 Å². The molecule has 0 saturated carbocycles. The number of aromatic amines is 1. The van der Waals surface area contributed by atoms with Gasteiger partial charge in [-0.2, -0.15) is 0 Å². The zero-order valence-corrected chi connectivity index (χ0v) is 22.2. The van der Waals surface area contributed by atoms with Crippen LogP contribution in [0.1, 0.15) is 38.3 Å². The number of aliphatic carboxylic acids is 2. The van der Waals surface area contributed by atoms with Crippen molar-refractivity contribution in [2.45, 2.75) is 36.8 Å². The number of hydrogen-bond donors (Lipinski definition) is 3. The molecule has 0 amide bonds. The maximum absolute atomic E-state index is 13.1. The average Bonchev–Trinajstić information content (AvgIpc) is 3.61. The summed E-state index contributed by atoms with van der Waals surface area (Å²) in [6.45, 7) is 3.30. The van der Waals surface area contributed by atoms with Gasteiger partial charge >= 0.3 is 11.9 Å². The van der Waals surface area contributed by atoms with Crippen LogP contribution in [-0.4, -0.2) is 47.6 Å². The minimum atomic E-state index is -3.73. The van der Waals surface area contributed by atoms with Gasteiger partial charge in [0.2, 0.25) is 0 Å². The zero-order valence-electron chi connectivity index (χ0n) is 19.8. The maximum Gasteiger partial charge on any atom is 0.321 e. The quantitative estimate of drug-likeness (QED) is 0.231. The molecule has 0 radical (unpaired) electrons. The number of benzene rings is 1. The van der Waals surface area contributed by atoms with E-state index in [1.165, 1.54) is 22.7 Å². The minimum Gasteiger partial charge on any atom is -0.480 e. The van der Waals surface area contributed by atoms with Crippen LogP contribution in [0.25, 0.3) is 21.6 Å². The summed E-state index contributed by atoms with van der Waals surface area (Å²) in [6.07, 6.45) is 0.210. The molecule has 0 saturated heterocycles.